The Morgan fingerprint density at radius 3 is 2.24 bits per heavy atom. The van der Waals surface area contributed by atoms with Crippen LogP contribution in [0.3, 0.4) is 0 Å². The number of carbonyl (C=O) groups excluding carboxylic acids is 2. The number of rotatable bonds is 6. The Kier molecular flexibility index (Phi) is 4.51. The third-order valence-electron chi connectivity index (χ3n) is 3.64. The van der Waals surface area contributed by atoms with Crippen LogP contribution in [0, 0.1) is 5.41 Å². The van der Waals surface area contributed by atoms with Crippen LogP contribution < -0.4 is 11.5 Å². The second-order valence-corrected chi connectivity index (χ2v) is 5.32. The van der Waals surface area contributed by atoms with Gasteiger partial charge in [-0.2, -0.15) is 0 Å². The Bertz CT molecular complexity index is 293. The molecule has 0 aromatic heterocycles. The maximum absolute atomic E-state index is 12.2. The number of primary amides is 1. The molecule has 1 rings (SSSR count). The predicted octanol–water partition coefficient (Wildman–Crippen LogP) is 0.228. The van der Waals surface area contributed by atoms with Gasteiger partial charge in [0, 0.05) is 12.5 Å². The van der Waals surface area contributed by atoms with Crippen LogP contribution in [0.2, 0.25) is 0 Å². The molecule has 0 saturated heterocycles. The third kappa shape index (κ3) is 3.43. The van der Waals surface area contributed by atoms with Gasteiger partial charge in [-0.25, -0.2) is 0 Å². The zero-order valence-corrected chi connectivity index (χ0v) is 10.7. The summed E-state index contributed by atoms with van der Waals surface area (Å²) in [5.74, 6) is -0.480. The SMILES string of the molecule is CC(C)N(CC(N)=O)C(=O)CC1(CN)CCC1. The summed E-state index contributed by atoms with van der Waals surface area (Å²) in [4.78, 5) is 24.6. The van der Waals surface area contributed by atoms with Crippen LogP contribution in [0.15, 0.2) is 0 Å². The fraction of sp³-hybridized carbons (Fsp3) is 0.833. The lowest BCUT2D eigenvalue weighted by Gasteiger charge is -2.42. The summed E-state index contributed by atoms with van der Waals surface area (Å²) < 4.78 is 0. The largest absolute Gasteiger partial charge is 0.368 e. The molecule has 0 aromatic carbocycles. The van der Waals surface area contributed by atoms with E-state index in [0.29, 0.717) is 13.0 Å². The Hall–Kier alpha value is -1.10. The van der Waals surface area contributed by atoms with Crippen molar-refractivity contribution >= 4 is 11.8 Å². The summed E-state index contributed by atoms with van der Waals surface area (Å²) >= 11 is 0. The molecule has 2 amide bonds. The van der Waals surface area contributed by atoms with E-state index in [1.54, 1.807) is 0 Å². The van der Waals surface area contributed by atoms with E-state index in [1.807, 2.05) is 13.8 Å². The van der Waals surface area contributed by atoms with E-state index in [9.17, 15) is 9.59 Å². The van der Waals surface area contributed by atoms with E-state index >= 15 is 0 Å². The zero-order chi connectivity index (χ0) is 13.1. The van der Waals surface area contributed by atoms with Crippen LogP contribution in [0.1, 0.15) is 39.5 Å². The molecular formula is C12H23N3O2. The summed E-state index contributed by atoms with van der Waals surface area (Å²) in [6, 6.07) is -0.00935. The normalized spacial score (nSPS) is 17.6. The Balaban J connectivity index is 2.61. The molecule has 4 N–H and O–H groups in total. The van der Waals surface area contributed by atoms with Crippen molar-refractivity contribution in [3.05, 3.63) is 0 Å². The van der Waals surface area contributed by atoms with Gasteiger partial charge in [0.1, 0.15) is 0 Å². The van der Waals surface area contributed by atoms with E-state index in [1.165, 1.54) is 4.90 Å². The molecule has 1 aliphatic carbocycles. The smallest absolute Gasteiger partial charge is 0.237 e. The molecule has 0 spiro atoms. The topological polar surface area (TPSA) is 89.4 Å². The van der Waals surface area contributed by atoms with Gasteiger partial charge < -0.3 is 16.4 Å². The zero-order valence-electron chi connectivity index (χ0n) is 10.7. The Morgan fingerprint density at radius 2 is 1.94 bits per heavy atom. The predicted molar refractivity (Wildman–Crippen MR) is 66.0 cm³/mol. The van der Waals surface area contributed by atoms with Crippen LogP contribution >= 0.6 is 0 Å². The molecule has 1 aliphatic rings. The first-order valence-electron chi connectivity index (χ1n) is 6.18. The van der Waals surface area contributed by atoms with Crippen molar-refractivity contribution < 1.29 is 9.59 Å². The molecule has 0 heterocycles. The van der Waals surface area contributed by atoms with Gasteiger partial charge in [0.2, 0.25) is 11.8 Å². The molecular weight excluding hydrogens is 218 g/mol. The van der Waals surface area contributed by atoms with Crippen molar-refractivity contribution in [2.75, 3.05) is 13.1 Å². The quantitative estimate of drug-likeness (QED) is 0.697. The van der Waals surface area contributed by atoms with Crippen molar-refractivity contribution in [3.8, 4) is 0 Å². The third-order valence-corrected chi connectivity index (χ3v) is 3.64. The Labute approximate surface area is 103 Å². The van der Waals surface area contributed by atoms with Gasteiger partial charge >= 0.3 is 0 Å². The van der Waals surface area contributed by atoms with Gasteiger partial charge in [0.25, 0.3) is 0 Å². The summed E-state index contributed by atoms with van der Waals surface area (Å²) in [5.41, 5.74) is 10.9. The van der Waals surface area contributed by atoms with Crippen molar-refractivity contribution in [1.82, 2.24) is 4.90 Å². The van der Waals surface area contributed by atoms with Crippen LogP contribution in [-0.4, -0.2) is 35.8 Å². The van der Waals surface area contributed by atoms with Gasteiger partial charge in [-0.1, -0.05) is 6.42 Å². The van der Waals surface area contributed by atoms with Gasteiger partial charge in [-0.15, -0.1) is 0 Å². The second kappa shape index (κ2) is 5.49. The number of hydrogen-bond donors (Lipinski definition) is 2. The molecule has 5 nitrogen and oxygen atoms in total. The van der Waals surface area contributed by atoms with E-state index in [-0.39, 0.29) is 23.9 Å². The summed E-state index contributed by atoms with van der Waals surface area (Å²) in [7, 11) is 0. The minimum absolute atomic E-state index is 0.00283. The lowest BCUT2D eigenvalue weighted by atomic mass is 9.66. The molecule has 0 aromatic rings. The number of nitrogens with two attached hydrogens (primary N) is 2. The summed E-state index contributed by atoms with van der Waals surface area (Å²) in [6.45, 7) is 4.31. The van der Waals surface area contributed by atoms with Crippen molar-refractivity contribution in [2.24, 2.45) is 16.9 Å². The van der Waals surface area contributed by atoms with E-state index in [4.69, 9.17) is 11.5 Å². The highest BCUT2D eigenvalue weighted by molar-refractivity contribution is 5.84. The van der Waals surface area contributed by atoms with E-state index in [2.05, 4.69) is 0 Å². The molecule has 1 fully saturated rings. The molecule has 0 aliphatic heterocycles. The maximum atomic E-state index is 12.2. The standard InChI is InChI=1S/C12H23N3O2/c1-9(2)15(7-10(14)16)11(17)6-12(8-13)4-3-5-12/h9H,3-8,13H2,1-2H3,(H2,14,16). The highest BCUT2D eigenvalue weighted by Gasteiger charge is 2.39. The van der Waals surface area contributed by atoms with E-state index in [0.717, 1.165) is 19.3 Å². The highest BCUT2D eigenvalue weighted by atomic mass is 16.2. The number of carbonyl (C=O) groups is 2. The molecule has 17 heavy (non-hydrogen) atoms. The van der Waals surface area contributed by atoms with E-state index < -0.39 is 5.91 Å². The average molecular weight is 241 g/mol. The first-order chi connectivity index (χ1) is 7.90. The molecule has 5 heteroatoms. The molecule has 0 bridgehead atoms. The monoisotopic (exact) mass is 241 g/mol. The minimum Gasteiger partial charge on any atom is -0.368 e. The molecule has 98 valence electrons. The average Bonchev–Trinajstić information content (AvgIpc) is 2.19. The van der Waals surface area contributed by atoms with Gasteiger partial charge in [0.15, 0.2) is 0 Å². The molecule has 0 atom stereocenters. The maximum Gasteiger partial charge on any atom is 0.237 e. The summed E-state index contributed by atoms with van der Waals surface area (Å²) in [5, 5.41) is 0. The molecule has 0 unspecified atom stereocenters. The first-order valence-corrected chi connectivity index (χ1v) is 6.18. The van der Waals surface area contributed by atoms with Crippen LogP contribution in [-0.2, 0) is 9.59 Å². The van der Waals surface area contributed by atoms with Crippen molar-refractivity contribution in [1.29, 1.82) is 0 Å². The van der Waals surface area contributed by atoms with Crippen LogP contribution in [0.25, 0.3) is 0 Å². The summed E-state index contributed by atoms with van der Waals surface area (Å²) in [6.07, 6.45) is 3.60. The van der Waals surface area contributed by atoms with Crippen molar-refractivity contribution in [3.63, 3.8) is 0 Å². The lowest BCUT2D eigenvalue weighted by molar-refractivity contribution is -0.140. The first kappa shape index (κ1) is 14.0. The second-order valence-electron chi connectivity index (χ2n) is 5.32. The molecule has 0 radical (unpaired) electrons. The van der Waals surface area contributed by atoms with Gasteiger partial charge in [-0.3, -0.25) is 9.59 Å². The van der Waals surface area contributed by atoms with Crippen LogP contribution in [0.4, 0.5) is 0 Å². The number of hydrogen-bond acceptors (Lipinski definition) is 3. The number of amides is 2. The van der Waals surface area contributed by atoms with Crippen LogP contribution in [0.5, 0.6) is 0 Å². The Morgan fingerprint density at radius 1 is 1.35 bits per heavy atom. The molecule has 1 saturated carbocycles. The van der Waals surface area contributed by atoms with Gasteiger partial charge in [-0.05, 0) is 38.6 Å². The fourth-order valence-corrected chi connectivity index (χ4v) is 2.28. The highest BCUT2D eigenvalue weighted by Crippen LogP contribution is 2.43. The lowest BCUT2D eigenvalue weighted by Crippen LogP contribution is -2.47. The van der Waals surface area contributed by atoms with Crippen molar-refractivity contribution in [2.45, 2.75) is 45.6 Å². The number of nitrogens with zero attached hydrogens (tertiary/aromatic N) is 1. The minimum atomic E-state index is -0.470. The fourth-order valence-electron chi connectivity index (χ4n) is 2.28. The van der Waals surface area contributed by atoms with Gasteiger partial charge in [0.05, 0.1) is 6.54 Å².